The predicted octanol–water partition coefficient (Wildman–Crippen LogP) is 3.83. The third-order valence-electron chi connectivity index (χ3n) is 5.99. The van der Waals surface area contributed by atoms with Crippen LogP contribution in [0, 0.1) is 0 Å². The van der Waals surface area contributed by atoms with Crippen molar-refractivity contribution in [2.45, 2.75) is 45.4 Å². The van der Waals surface area contributed by atoms with Crippen molar-refractivity contribution in [3.63, 3.8) is 0 Å². The van der Waals surface area contributed by atoms with Crippen molar-refractivity contribution in [2.24, 2.45) is 5.73 Å². The molecule has 7 heteroatoms. The molecule has 7 nitrogen and oxygen atoms in total. The third-order valence-corrected chi connectivity index (χ3v) is 5.99. The van der Waals surface area contributed by atoms with Crippen LogP contribution in [0.15, 0.2) is 48.7 Å². The summed E-state index contributed by atoms with van der Waals surface area (Å²) < 4.78 is 8.01. The molecule has 0 aliphatic carbocycles. The molecule has 160 valence electrons. The molecular formula is C24H28N6O. The zero-order valence-electron chi connectivity index (χ0n) is 18.2. The quantitative estimate of drug-likeness (QED) is 0.533. The number of nitrogens with two attached hydrogens (primary N) is 1. The monoisotopic (exact) mass is 416 g/mol. The fourth-order valence-corrected chi connectivity index (χ4v) is 4.30. The molecular weight excluding hydrogens is 388 g/mol. The summed E-state index contributed by atoms with van der Waals surface area (Å²) in [5.74, 6) is 1.51. The second-order valence-corrected chi connectivity index (χ2v) is 8.62. The van der Waals surface area contributed by atoms with Crippen molar-refractivity contribution in [2.75, 3.05) is 13.1 Å². The number of likely N-dealkylation sites (tertiary alicyclic amines) is 1. The highest BCUT2D eigenvalue weighted by Crippen LogP contribution is 2.29. The number of benzene rings is 1. The number of rotatable bonds is 5. The van der Waals surface area contributed by atoms with Crippen molar-refractivity contribution < 1.29 is 4.74 Å². The minimum Gasteiger partial charge on any atom is -0.489 e. The molecule has 0 radical (unpaired) electrons. The number of hydrogen-bond donors (Lipinski definition) is 1. The summed E-state index contributed by atoms with van der Waals surface area (Å²) in [6, 6.07) is 14.7. The summed E-state index contributed by atoms with van der Waals surface area (Å²) >= 11 is 0. The van der Waals surface area contributed by atoms with Gasteiger partial charge in [0, 0.05) is 36.8 Å². The third kappa shape index (κ3) is 3.75. The molecule has 1 aliphatic heterocycles. The Kier molecular flexibility index (Phi) is 5.08. The summed E-state index contributed by atoms with van der Waals surface area (Å²) in [6.45, 7) is 8.22. The maximum absolute atomic E-state index is 6.12. The van der Waals surface area contributed by atoms with Gasteiger partial charge in [-0.3, -0.25) is 9.30 Å². The number of hydrogen-bond acceptors (Lipinski definition) is 6. The van der Waals surface area contributed by atoms with E-state index in [4.69, 9.17) is 15.5 Å². The first-order valence-electron chi connectivity index (χ1n) is 10.9. The number of para-hydroxylation sites is 1. The van der Waals surface area contributed by atoms with Gasteiger partial charge >= 0.3 is 0 Å². The molecule has 4 heterocycles. The number of nitrogens with zero attached hydrogens (tertiary/aromatic N) is 5. The van der Waals surface area contributed by atoms with Gasteiger partial charge in [-0.05, 0) is 51.0 Å². The highest BCUT2D eigenvalue weighted by atomic mass is 16.5. The molecule has 0 saturated carbocycles. The smallest absolute Gasteiger partial charge is 0.187 e. The van der Waals surface area contributed by atoms with Gasteiger partial charge in [-0.15, -0.1) is 10.2 Å². The van der Waals surface area contributed by atoms with E-state index in [0.29, 0.717) is 0 Å². The maximum Gasteiger partial charge on any atom is 0.187 e. The Morgan fingerprint density at radius 3 is 2.71 bits per heavy atom. The molecule has 2 atom stereocenters. The van der Waals surface area contributed by atoms with Crippen LogP contribution in [0.25, 0.3) is 28.1 Å². The van der Waals surface area contributed by atoms with Crippen LogP contribution in [-0.4, -0.2) is 49.7 Å². The van der Waals surface area contributed by atoms with Crippen molar-refractivity contribution in [1.82, 2.24) is 24.5 Å². The first-order chi connectivity index (χ1) is 15.0. The van der Waals surface area contributed by atoms with Gasteiger partial charge in [0.1, 0.15) is 17.0 Å². The Hall–Kier alpha value is -3.03. The SMILES string of the molecule is CC(C)Oc1cccc2ccc(-c3nnc4ccc([C@H](C)N5CC[C@H](N)C5)cn34)nc12. The number of aromatic nitrogens is 4. The molecule has 0 amide bonds. The van der Waals surface area contributed by atoms with Gasteiger partial charge in [0.25, 0.3) is 0 Å². The van der Waals surface area contributed by atoms with Crippen molar-refractivity contribution in [3.8, 4) is 17.3 Å². The average Bonchev–Trinajstić information content (AvgIpc) is 3.38. The van der Waals surface area contributed by atoms with E-state index in [1.807, 2.05) is 48.6 Å². The van der Waals surface area contributed by atoms with E-state index in [-0.39, 0.29) is 18.2 Å². The summed E-state index contributed by atoms with van der Waals surface area (Å²) in [4.78, 5) is 7.34. The predicted molar refractivity (Wildman–Crippen MR) is 122 cm³/mol. The Labute approximate surface area is 181 Å². The van der Waals surface area contributed by atoms with Gasteiger partial charge in [0.05, 0.1) is 6.10 Å². The summed E-state index contributed by atoms with van der Waals surface area (Å²) in [6.07, 6.45) is 3.25. The standard InChI is InChI=1S/C24H28N6O/c1-15(2)31-21-6-4-5-17-7-9-20(26-23(17)21)24-28-27-22-10-8-18(13-30(22)24)16(3)29-12-11-19(25)14-29/h4-10,13,15-16,19H,11-12,14,25H2,1-3H3/t16-,19-/m0/s1. The van der Waals surface area contributed by atoms with Crippen molar-refractivity contribution in [3.05, 3.63) is 54.2 Å². The zero-order valence-corrected chi connectivity index (χ0v) is 18.2. The average molecular weight is 417 g/mol. The van der Waals surface area contributed by atoms with Crippen LogP contribution in [0.5, 0.6) is 5.75 Å². The molecule has 0 unspecified atom stereocenters. The van der Waals surface area contributed by atoms with Gasteiger partial charge in [-0.25, -0.2) is 4.98 Å². The second-order valence-electron chi connectivity index (χ2n) is 8.62. The van der Waals surface area contributed by atoms with E-state index in [1.54, 1.807) is 0 Å². The largest absolute Gasteiger partial charge is 0.489 e. The van der Waals surface area contributed by atoms with E-state index in [0.717, 1.165) is 53.3 Å². The number of ether oxygens (including phenoxy) is 1. The minimum absolute atomic E-state index is 0.0766. The summed E-state index contributed by atoms with van der Waals surface area (Å²) in [7, 11) is 0. The topological polar surface area (TPSA) is 81.6 Å². The van der Waals surface area contributed by atoms with Crippen LogP contribution < -0.4 is 10.5 Å². The molecule has 31 heavy (non-hydrogen) atoms. The molecule has 0 spiro atoms. The molecule has 1 aromatic carbocycles. The Bertz CT molecular complexity index is 1230. The van der Waals surface area contributed by atoms with Crippen LogP contribution in [0.4, 0.5) is 0 Å². The van der Waals surface area contributed by atoms with Crippen molar-refractivity contribution in [1.29, 1.82) is 0 Å². The summed E-state index contributed by atoms with van der Waals surface area (Å²) in [5.41, 5.74) is 9.74. The van der Waals surface area contributed by atoms with Gasteiger partial charge in [0.15, 0.2) is 11.5 Å². The zero-order chi connectivity index (χ0) is 21.5. The van der Waals surface area contributed by atoms with Gasteiger partial charge in [-0.1, -0.05) is 24.3 Å². The minimum atomic E-state index is 0.0766. The number of fused-ring (bicyclic) bond motifs is 2. The van der Waals surface area contributed by atoms with E-state index in [1.165, 1.54) is 5.56 Å². The first-order valence-corrected chi connectivity index (χ1v) is 10.9. The highest BCUT2D eigenvalue weighted by Gasteiger charge is 2.25. The molecule has 2 N–H and O–H groups in total. The van der Waals surface area contributed by atoms with E-state index >= 15 is 0 Å². The van der Waals surface area contributed by atoms with Crippen LogP contribution >= 0.6 is 0 Å². The van der Waals surface area contributed by atoms with E-state index in [9.17, 15) is 0 Å². The Morgan fingerprint density at radius 1 is 1.06 bits per heavy atom. The maximum atomic E-state index is 6.12. The molecule has 5 rings (SSSR count). The van der Waals surface area contributed by atoms with Gasteiger partial charge in [0.2, 0.25) is 0 Å². The lowest BCUT2D eigenvalue weighted by molar-refractivity contribution is 0.245. The lowest BCUT2D eigenvalue weighted by Gasteiger charge is -2.24. The molecule has 1 saturated heterocycles. The highest BCUT2D eigenvalue weighted by molar-refractivity contribution is 5.86. The summed E-state index contributed by atoms with van der Waals surface area (Å²) in [5, 5.41) is 9.85. The van der Waals surface area contributed by atoms with Crippen LogP contribution in [0.1, 0.15) is 38.8 Å². The normalized spacial score (nSPS) is 18.3. The van der Waals surface area contributed by atoms with Crippen LogP contribution in [-0.2, 0) is 0 Å². The fourth-order valence-electron chi connectivity index (χ4n) is 4.30. The Morgan fingerprint density at radius 2 is 1.94 bits per heavy atom. The molecule has 1 fully saturated rings. The first kappa shape index (κ1) is 19.9. The number of pyridine rings is 2. The van der Waals surface area contributed by atoms with Crippen LogP contribution in [0.3, 0.4) is 0 Å². The molecule has 4 aromatic rings. The lowest BCUT2D eigenvalue weighted by Crippen LogP contribution is -2.28. The van der Waals surface area contributed by atoms with E-state index in [2.05, 4.69) is 40.4 Å². The molecule has 3 aromatic heterocycles. The van der Waals surface area contributed by atoms with E-state index < -0.39 is 0 Å². The van der Waals surface area contributed by atoms with Crippen molar-refractivity contribution >= 4 is 16.6 Å². The molecule has 0 bridgehead atoms. The Balaban J connectivity index is 1.56. The fraction of sp³-hybridized carbons (Fsp3) is 0.375. The molecule has 1 aliphatic rings. The van der Waals surface area contributed by atoms with Crippen LogP contribution in [0.2, 0.25) is 0 Å². The van der Waals surface area contributed by atoms with Gasteiger partial charge in [-0.2, -0.15) is 0 Å². The second kappa shape index (κ2) is 7.90. The lowest BCUT2D eigenvalue weighted by atomic mass is 10.1. The van der Waals surface area contributed by atoms with Gasteiger partial charge < -0.3 is 10.5 Å².